The van der Waals surface area contributed by atoms with E-state index in [2.05, 4.69) is 0 Å². The molecule has 18 atom stereocenters. The van der Waals surface area contributed by atoms with Crippen LogP contribution in [0.5, 0.6) is 0 Å². The van der Waals surface area contributed by atoms with Gasteiger partial charge in [-0.05, 0) is 71.1 Å². The molecule has 4 aliphatic heterocycles. The fourth-order valence-electron chi connectivity index (χ4n) is 9.04. The number of esters is 1. The molecule has 4 aliphatic rings. The minimum atomic E-state index is -1.65. The van der Waals surface area contributed by atoms with Crippen molar-refractivity contribution in [2.45, 2.75) is 187 Å². The van der Waals surface area contributed by atoms with Crippen LogP contribution < -0.4 is 0 Å². The highest BCUT2D eigenvalue weighted by atomic mass is 32.1. The third kappa shape index (κ3) is 8.62. The molecule has 4 heterocycles. The minimum Gasteiger partial charge on any atom is -0.459 e. The molecule has 50 heavy (non-hydrogen) atoms. The number of fused-ring (bicyclic) bond motifs is 2. The maximum absolute atomic E-state index is 14.2. The summed E-state index contributed by atoms with van der Waals surface area (Å²) < 4.78 is 43.8. The summed E-state index contributed by atoms with van der Waals surface area (Å²) in [5, 5.41) is 46.5. The lowest BCUT2D eigenvalue weighted by molar-refractivity contribution is -0.313. The number of hydrogen-bond acceptors (Lipinski definition) is 13. The number of carbonyl (C=O) groups excluding carboxylic acids is 1. The topological polar surface area (TPSA) is 163 Å². The summed E-state index contributed by atoms with van der Waals surface area (Å²) in [6.45, 7) is 21.9. The lowest BCUT2D eigenvalue weighted by Crippen LogP contribution is -2.62. The fraction of sp³-hybridized carbons (Fsp3) is 0.946. The van der Waals surface area contributed by atoms with Crippen LogP contribution in [0.15, 0.2) is 0 Å². The van der Waals surface area contributed by atoms with Gasteiger partial charge >= 0.3 is 11.2 Å². The van der Waals surface area contributed by atoms with Crippen molar-refractivity contribution < 1.29 is 58.4 Å². The van der Waals surface area contributed by atoms with Gasteiger partial charge in [0.1, 0.15) is 30.0 Å². The Hall–Kier alpha value is -1.16. The molecule has 0 aromatic carbocycles. The van der Waals surface area contributed by atoms with Gasteiger partial charge in [0.25, 0.3) is 0 Å². The maximum Gasteiger partial charge on any atom is 0.352 e. The molecule has 0 aromatic heterocycles. The molecular weight excluding hydrogens is 668 g/mol. The van der Waals surface area contributed by atoms with Crippen molar-refractivity contribution in [2.75, 3.05) is 0 Å². The van der Waals surface area contributed by atoms with Gasteiger partial charge in [-0.25, -0.2) is 0 Å². The SMILES string of the molecule is CC[C@H]1OC(=O)[C@H](C)[C@@H](OC2CC(C)(C)[C@@H](O)[C@H](C)O2)[C@H](C)[C@@H](O[C@@H]2O[C@H](C)C[C@H](C)[C@H]2O)[C@@](C)(O)C[C@@H](C)C2OC(=S)O[C@H]([C@H]2C)[C@]1(C)O. The normalized spacial score (nSPS) is 50.7. The van der Waals surface area contributed by atoms with E-state index < -0.39 is 102 Å². The second-order valence-corrected chi connectivity index (χ2v) is 17.4. The van der Waals surface area contributed by atoms with E-state index in [1.165, 1.54) is 0 Å². The zero-order valence-electron chi connectivity index (χ0n) is 32.0. The Balaban J connectivity index is 1.83. The lowest BCUT2D eigenvalue weighted by atomic mass is 9.73. The van der Waals surface area contributed by atoms with Gasteiger partial charge in [0.05, 0.1) is 42.0 Å². The predicted molar refractivity (Wildman–Crippen MR) is 188 cm³/mol. The summed E-state index contributed by atoms with van der Waals surface area (Å²) in [7, 11) is 0. The first kappa shape index (κ1) is 41.6. The largest absolute Gasteiger partial charge is 0.459 e. The fourth-order valence-corrected chi connectivity index (χ4v) is 9.26. The second kappa shape index (κ2) is 15.7. The highest BCUT2D eigenvalue weighted by Crippen LogP contribution is 2.44. The first-order chi connectivity index (χ1) is 23.0. The van der Waals surface area contributed by atoms with Gasteiger partial charge in [-0.2, -0.15) is 0 Å². The predicted octanol–water partition coefficient (Wildman–Crippen LogP) is 4.25. The van der Waals surface area contributed by atoms with Gasteiger partial charge in [0.2, 0.25) is 0 Å². The number of aliphatic hydroxyl groups is 4. The van der Waals surface area contributed by atoms with Crippen LogP contribution in [0.1, 0.15) is 109 Å². The summed E-state index contributed by atoms with van der Waals surface area (Å²) in [6, 6.07) is 0. The van der Waals surface area contributed by atoms with Crippen molar-refractivity contribution in [3.63, 3.8) is 0 Å². The van der Waals surface area contributed by atoms with Gasteiger partial charge in [-0.1, -0.05) is 48.5 Å². The molecule has 290 valence electrons. The van der Waals surface area contributed by atoms with E-state index in [1.54, 1.807) is 27.7 Å². The van der Waals surface area contributed by atoms with E-state index in [-0.39, 0.29) is 36.0 Å². The van der Waals surface area contributed by atoms with Crippen molar-refractivity contribution in [1.82, 2.24) is 0 Å². The highest BCUT2D eigenvalue weighted by molar-refractivity contribution is 7.79. The maximum atomic E-state index is 14.2. The molecule has 0 amide bonds. The van der Waals surface area contributed by atoms with Crippen LogP contribution in [0.25, 0.3) is 0 Å². The minimum absolute atomic E-state index is 0.124. The van der Waals surface area contributed by atoms with Crippen LogP contribution in [0.3, 0.4) is 0 Å². The number of hydrogen-bond donors (Lipinski definition) is 4. The average molecular weight is 733 g/mol. The van der Waals surface area contributed by atoms with Gasteiger partial charge in [-0.15, -0.1) is 0 Å². The molecule has 0 spiro atoms. The Bertz CT molecular complexity index is 1180. The smallest absolute Gasteiger partial charge is 0.352 e. The molecule has 4 rings (SSSR count). The lowest BCUT2D eigenvalue weighted by Gasteiger charge is -2.50. The first-order valence-electron chi connectivity index (χ1n) is 18.5. The van der Waals surface area contributed by atoms with Crippen molar-refractivity contribution >= 4 is 23.4 Å². The van der Waals surface area contributed by atoms with Crippen LogP contribution in [0.4, 0.5) is 0 Å². The number of carbonyl (C=O) groups is 1. The summed E-state index contributed by atoms with van der Waals surface area (Å²) in [6.07, 6.45) is -7.28. The summed E-state index contributed by atoms with van der Waals surface area (Å²) in [5.41, 5.74) is -3.80. The molecule has 0 aromatic rings. The van der Waals surface area contributed by atoms with Gasteiger partial charge in [-0.3, -0.25) is 4.79 Å². The third-order valence-electron chi connectivity index (χ3n) is 11.9. The zero-order chi connectivity index (χ0) is 37.7. The molecule has 4 saturated heterocycles. The van der Waals surface area contributed by atoms with E-state index in [1.807, 2.05) is 55.4 Å². The summed E-state index contributed by atoms with van der Waals surface area (Å²) in [4.78, 5) is 14.2. The quantitative estimate of drug-likeness (QED) is 0.235. The van der Waals surface area contributed by atoms with Crippen molar-refractivity contribution in [2.24, 2.45) is 35.0 Å². The van der Waals surface area contributed by atoms with Crippen LogP contribution in [-0.4, -0.2) is 110 Å². The van der Waals surface area contributed by atoms with E-state index in [0.29, 0.717) is 12.8 Å². The Morgan fingerprint density at radius 2 is 1.50 bits per heavy atom. The molecule has 4 fully saturated rings. The Labute approximate surface area is 303 Å². The molecule has 4 N–H and O–H groups in total. The van der Waals surface area contributed by atoms with E-state index in [0.717, 1.165) is 0 Å². The molecule has 0 saturated carbocycles. The number of ether oxygens (including phenoxy) is 7. The molecule has 13 heteroatoms. The van der Waals surface area contributed by atoms with Crippen molar-refractivity contribution in [3.8, 4) is 0 Å². The number of cyclic esters (lactones) is 1. The van der Waals surface area contributed by atoms with E-state index in [9.17, 15) is 25.2 Å². The molecule has 2 unspecified atom stereocenters. The Morgan fingerprint density at radius 1 is 0.860 bits per heavy atom. The summed E-state index contributed by atoms with van der Waals surface area (Å²) >= 11 is 5.41. The highest BCUT2D eigenvalue weighted by Gasteiger charge is 2.55. The van der Waals surface area contributed by atoms with Gasteiger partial charge in [0, 0.05) is 30.5 Å². The van der Waals surface area contributed by atoms with Crippen molar-refractivity contribution in [1.29, 1.82) is 0 Å². The standard InChI is InChI=1S/C37H64O12S/c1-13-24-37(12,42)31-20(5)27(47-34(50)49-31)18(3)15-36(11,41)30(48-33-26(38)17(2)14-19(4)43-33)21(6)28(22(7)32(40)45-24)46-25-16-35(9,10)29(39)23(8)44-25/h17-31,33,38-39,41-42H,13-16H2,1-12H3/t17-,18+,19+,20-,21-,22+,23-,24+,25?,26+,27?,28-,29-,30+,31+,33-,36-,37+/m0/s1. The number of thiocarbonyl (C=S) groups is 1. The van der Waals surface area contributed by atoms with Crippen LogP contribution in [-0.2, 0) is 38.0 Å². The number of aliphatic hydroxyl groups excluding tert-OH is 2. The second-order valence-electron chi connectivity index (χ2n) is 17.1. The zero-order valence-corrected chi connectivity index (χ0v) is 32.8. The van der Waals surface area contributed by atoms with Gasteiger partial charge in [0.15, 0.2) is 12.6 Å². The molecular formula is C37H64O12S. The van der Waals surface area contributed by atoms with Crippen molar-refractivity contribution in [3.05, 3.63) is 0 Å². The number of rotatable bonds is 5. The molecule has 12 nitrogen and oxygen atoms in total. The van der Waals surface area contributed by atoms with E-state index in [4.69, 9.17) is 45.4 Å². The van der Waals surface area contributed by atoms with Gasteiger partial charge < -0.3 is 53.6 Å². The van der Waals surface area contributed by atoms with Crippen LogP contribution in [0, 0.1) is 35.0 Å². The van der Waals surface area contributed by atoms with E-state index >= 15 is 0 Å². The Kier molecular flexibility index (Phi) is 13.0. The third-order valence-corrected chi connectivity index (χ3v) is 12.1. The Morgan fingerprint density at radius 3 is 2.10 bits per heavy atom. The molecule has 0 aliphatic carbocycles. The average Bonchev–Trinajstić information content (AvgIpc) is 3.01. The summed E-state index contributed by atoms with van der Waals surface area (Å²) in [5.74, 6) is -3.15. The molecule has 2 bridgehead atoms. The first-order valence-corrected chi connectivity index (χ1v) is 18.9. The van der Waals surface area contributed by atoms with Crippen LogP contribution in [0.2, 0.25) is 0 Å². The van der Waals surface area contributed by atoms with Crippen LogP contribution >= 0.6 is 12.2 Å². The molecule has 0 radical (unpaired) electrons. The monoisotopic (exact) mass is 732 g/mol.